The van der Waals surface area contributed by atoms with Gasteiger partial charge in [-0.2, -0.15) is 0 Å². The summed E-state index contributed by atoms with van der Waals surface area (Å²) in [7, 11) is 0. The van der Waals surface area contributed by atoms with Gasteiger partial charge in [-0.15, -0.1) is 0 Å². The number of hydrogen-bond donors (Lipinski definition) is 1. The van der Waals surface area contributed by atoms with Gasteiger partial charge in [-0.25, -0.2) is 0 Å². The summed E-state index contributed by atoms with van der Waals surface area (Å²) in [6, 6.07) is 3.97. The number of rotatable bonds is 3. The summed E-state index contributed by atoms with van der Waals surface area (Å²) < 4.78 is 5.20. The van der Waals surface area contributed by atoms with Gasteiger partial charge < -0.3 is 19.5 Å². The Kier molecular flexibility index (Phi) is 4.33. The lowest BCUT2D eigenvalue weighted by atomic mass is 10.2. The van der Waals surface area contributed by atoms with Gasteiger partial charge in [0.2, 0.25) is 0 Å². The van der Waals surface area contributed by atoms with E-state index in [4.69, 9.17) is 4.42 Å². The predicted molar refractivity (Wildman–Crippen MR) is 89.5 cm³/mol. The molecule has 1 aliphatic heterocycles. The zero-order chi connectivity index (χ0) is 16.4. The minimum atomic E-state index is -0.0279. The zero-order valence-corrected chi connectivity index (χ0v) is 14.2. The van der Waals surface area contributed by atoms with Gasteiger partial charge in [0.1, 0.15) is 0 Å². The van der Waals surface area contributed by atoms with Crippen molar-refractivity contribution in [1.29, 1.82) is 0 Å². The molecule has 1 amide bonds. The maximum Gasteiger partial charge on any atom is 0.289 e. The van der Waals surface area contributed by atoms with E-state index in [2.05, 4.69) is 36.0 Å². The molecule has 0 bridgehead atoms. The smallest absolute Gasteiger partial charge is 0.289 e. The second-order valence-corrected chi connectivity index (χ2v) is 6.94. The Morgan fingerprint density at radius 3 is 2.52 bits per heavy atom. The number of furan rings is 1. The molecule has 0 radical (unpaired) electrons. The quantitative estimate of drug-likeness (QED) is 0.682. The average molecular weight is 318 g/mol. The van der Waals surface area contributed by atoms with E-state index < -0.39 is 0 Å². The average Bonchev–Trinajstić information content (AvgIpc) is 2.95. The summed E-state index contributed by atoms with van der Waals surface area (Å²) in [6.07, 6.45) is 2.73. The molecule has 1 aromatic rings. The number of piperazine rings is 1. The van der Waals surface area contributed by atoms with Crippen LogP contribution in [0.3, 0.4) is 0 Å². The number of nitrogens with one attached hydrogen (secondary N) is 1. The lowest BCUT2D eigenvalue weighted by molar-refractivity contribution is 0.0657. The van der Waals surface area contributed by atoms with Gasteiger partial charge in [0.25, 0.3) is 5.91 Å². The van der Waals surface area contributed by atoms with Crippen LogP contribution in [0.5, 0.6) is 0 Å². The molecule has 0 aromatic carbocycles. The summed E-state index contributed by atoms with van der Waals surface area (Å²) in [5, 5.41) is 3.58. The fraction of sp³-hybridized carbons (Fsp3) is 0.647. The summed E-state index contributed by atoms with van der Waals surface area (Å²) in [6.45, 7) is 10.3. The number of guanidine groups is 1. The molecule has 3 rings (SSSR count). The van der Waals surface area contributed by atoms with Crippen LogP contribution in [0.4, 0.5) is 0 Å². The van der Waals surface area contributed by atoms with Gasteiger partial charge in [-0.1, -0.05) is 13.8 Å². The van der Waals surface area contributed by atoms with Crippen molar-refractivity contribution < 1.29 is 9.21 Å². The van der Waals surface area contributed by atoms with E-state index in [0.717, 1.165) is 25.6 Å². The van der Waals surface area contributed by atoms with Gasteiger partial charge in [0.15, 0.2) is 11.7 Å². The fourth-order valence-corrected chi connectivity index (χ4v) is 2.93. The molecular weight excluding hydrogens is 292 g/mol. The van der Waals surface area contributed by atoms with Crippen LogP contribution in [0.1, 0.15) is 37.7 Å². The molecule has 2 heterocycles. The Bertz CT molecular complexity index is 571. The topological polar surface area (TPSA) is 61.1 Å². The second-order valence-electron chi connectivity index (χ2n) is 6.94. The van der Waals surface area contributed by atoms with Crippen molar-refractivity contribution in [3.8, 4) is 0 Å². The highest BCUT2D eigenvalue weighted by molar-refractivity contribution is 5.91. The molecule has 2 aliphatic rings. The molecule has 126 valence electrons. The Labute approximate surface area is 137 Å². The van der Waals surface area contributed by atoms with E-state index in [9.17, 15) is 4.79 Å². The van der Waals surface area contributed by atoms with Crippen LogP contribution < -0.4 is 5.32 Å². The van der Waals surface area contributed by atoms with E-state index in [1.807, 2.05) is 4.90 Å². The van der Waals surface area contributed by atoms with Crippen LogP contribution in [0.2, 0.25) is 0 Å². The first kappa shape index (κ1) is 15.9. The van der Waals surface area contributed by atoms with Crippen molar-refractivity contribution in [3.63, 3.8) is 0 Å². The van der Waals surface area contributed by atoms with Gasteiger partial charge in [0, 0.05) is 38.8 Å². The molecule has 1 aliphatic carbocycles. The largest absolute Gasteiger partial charge is 0.459 e. The van der Waals surface area contributed by atoms with E-state index in [1.165, 1.54) is 12.7 Å². The highest BCUT2D eigenvalue weighted by atomic mass is 16.3. The molecule has 1 saturated heterocycles. The molecule has 6 heteroatoms. The van der Waals surface area contributed by atoms with Crippen molar-refractivity contribution in [2.24, 2.45) is 10.4 Å². The van der Waals surface area contributed by atoms with Gasteiger partial charge in [-0.05, 0) is 30.9 Å². The maximum absolute atomic E-state index is 12.3. The van der Waals surface area contributed by atoms with Crippen LogP contribution in [0.15, 0.2) is 27.8 Å². The maximum atomic E-state index is 12.3. The van der Waals surface area contributed by atoms with E-state index in [-0.39, 0.29) is 5.91 Å². The van der Waals surface area contributed by atoms with Crippen molar-refractivity contribution in [2.45, 2.75) is 33.2 Å². The molecule has 1 atom stereocenters. The normalized spacial score (nSPS) is 23.8. The standard InChI is InChI=1S/C17H26N4O2/c1-4-18-16(19-14-12-17(14,2)3)21-9-7-20(8-10-21)15(22)13-6-5-11-23-13/h5-6,11,14H,4,7-10,12H2,1-3H3,(H,18,19). The first-order valence-corrected chi connectivity index (χ1v) is 8.40. The van der Waals surface area contributed by atoms with Gasteiger partial charge in [0.05, 0.1) is 6.26 Å². The zero-order valence-electron chi connectivity index (χ0n) is 14.2. The third-order valence-electron chi connectivity index (χ3n) is 4.72. The van der Waals surface area contributed by atoms with Crippen LogP contribution in [-0.4, -0.2) is 60.4 Å². The molecule has 1 N–H and O–H groups in total. The molecule has 1 aromatic heterocycles. The highest BCUT2D eigenvalue weighted by Gasteiger charge is 2.46. The van der Waals surface area contributed by atoms with Crippen molar-refractivity contribution in [3.05, 3.63) is 24.2 Å². The van der Waals surface area contributed by atoms with Crippen LogP contribution >= 0.6 is 0 Å². The Morgan fingerprint density at radius 2 is 2.00 bits per heavy atom. The van der Waals surface area contributed by atoms with E-state index in [1.54, 1.807) is 12.1 Å². The Balaban J connectivity index is 1.56. The van der Waals surface area contributed by atoms with Crippen molar-refractivity contribution in [1.82, 2.24) is 15.1 Å². The van der Waals surface area contributed by atoms with Gasteiger partial charge >= 0.3 is 0 Å². The van der Waals surface area contributed by atoms with Crippen LogP contribution in [0, 0.1) is 5.41 Å². The minimum Gasteiger partial charge on any atom is -0.459 e. The van der Waals surface area contributed by atoms with Crippen molar-refractivity contribution >= 4 is 11.9 Å². The molecule has 23 heavy (non-hydrogen) atoms. The fourth-order valence-electron chi connectivity index (χ4n) is 2.93. The van der Waals surface area contributed by atoms with E-state index >= 15 is 0 Å². The number of nitrogens with zero attached hydrogens (tertiary/aromatic N) is 3. The monoisotopic (exact) mass is 318 g/mol. The summed E-state index contributed by atoms with van der Waals surface area (Å²) >= 11 is 0. The Hall–Kier alpha value is -1.98. The molecule has 6 nitrogen and oxygen atoms in total. The van der Waals surface area contributed by atoms with Crippen LogP contribution in [-0.2, 0) is 0 Å². The summed E-state index contributed by atoms with van der Waals surface area (Å²) in [5.74, 6) is 1.37. The highest BCUT2D eigenvalue weighted by Crippen LogP contribution is 2.44. The number of aliphatic imine (C=N–C) groups is 1. The number of carbonyl (C=O) groups excluding carboxylic acids is 1. The summed E-state index contributed by atoms with van der Waals surface area (Å²) in [4.78, 5) is 21.0. The minimum absolute atomic E-state index is 0.0279. The van der Waals surface area contributed by atoms with Crippen molar-refractivity contribution in [2.75, 3.05) is 32.7 Å². The molecule has 1 unspecified atom stereocenters. The number of carbonyl (C=O) groups is 1. The number of amides is 1. The molecule has 2 fully saturated rings. The number of hydrogen-bond acceptors (Lipinski definition) is 3. The second kappa shape index (κ2) is 6.26. The first-order valence-electron chi connectivity index (χ1n) is 8.40. The molecular formula is C17H26N4O2. The third kappa shape index (κ3) is 3.51. The van der Waals surface area contributed by atoms with Gasteiger partial charge in [-0.3, -0.25) is 9.79 Å². The third-order valence-corrected chi connectivity index (χ3v) is 4.72. The Morgan fingerprint density at radius 1 is 1.35 bits per heavy atom. The van der Waals surface area contributed by atoms with Crippen LogP contribution in [0.25, 0.3) is 0 Å². The first-order chi connectivity index (χ1) is 11.0. The molecule has 1 saturated carbocycles. The molecule has 0 spiro atoms. The lowest BCUT2D eigenvalue weighted by Gasteiger charge is -2.36. The SMILES string of the molecule is CCN=C(NC1CC1(C)C)N1CCN(C(=O)c2ccco2)CC1. The predicted octanol–water partition coefficient (Wildman–Crippen LogP) is 1.80. The van der Waals surface area contributed by atoms with E-state index in [0.29, 0.717) is 30.3 Å². The lowest BCUT2D eigenvalue weighted by Crippen LogP contribution is -2.54. The summed E-state index contributed by atoms with van der Waals surface area (Å²) in [5.41, 5.74) is 0.367.